The predicted octanol–water partition coefficient (Wildman–Crippen LogP) is 2.75. The predicted molar refractivity (Wildman–Crippen MR) is 68.2 cm³/mol. The number of hydrogen-bond donors (Lipinski definition) is 0. The van der Waals surface area contributed by atoms with Gasteiger partial charge in [0.2, 0.25) is 0 Å². The molecule has 4 nitrogen and oxygen atoms in total. The standard InChI is InChI=1S/C13H20N4/c1-8(2)6-12-15-10(5)11-7-14-13(9(3)4)16-17(11)12/h7-9H,6H2,1-5H3. The Hall–Kier alpha value is -1.45. The van der Waals surface area contributed by atoms with E-state index in [2.05, 4.69) is 42.8 Å². The Morgan fingerprint density at radius 2 is 1.94 bits per heavy atom. The molecule has 0 fully saturated rings. The Morgan fingerprint density at radius 3 is 2.53 bits per heavy atom. The first-order chi connectivity index (χ1) is 7.99. The van der Waals surface area contributed by atoms with Gasteiger partial charge in [-0.3, -0.25) is 0 Å². The zero-order valence-corrected chi connectivity index (χ0v) is 11.2. The lowest BCUT2D eigenvalue weighted by atomic mass is 10.1. The van der Waals surface area contributed by atoms with Crippen molar-refractivity contribution in [3.05, 3.63) is 23.5 Å². The average Bonchev–Trinajstić information content (AvgIpc) is 2.54. The fourth-order valence-electron chi connectivity index (χ4n) is 1.87. The highest BCUT2D eigenvalue weighted by molar-refractivity contribution is 5.49. The maximum absolute atomic E-state index is 4.59. The third-order valence-electron chi connectivity index (χ3n) is 2.77. The van der Waals surface area contributed by atoms with Crippen LogP contribution in [0.4, 0.5) is 0 Å². The van der Waals surface area contributed by atoms with Crippen molar-refractivity contribution in [3.63, 3.8) is 0 Å². The Kier molecular flexibility index (Phi) is 3.13. The summed E-state index contributed by atoms with van der Waals surface area (Å²) in [5.41, 5.74) is 2.03. The number of nitrogens with zero attached hydrogens (tertiary/aromatic N) is 4. The molecule has 2 aromatic heterocycles. The lowest BCUT2D eigenvalue weighted by molar-refractivity contribution is 0.599. The third kappa shape index (κ3) is 2.30. The molecule has 92 valence electrons. The number of hydrogen-bond acceptors (Lipinski definition) is 3. The summed E-state index contributed by atoms with van der Waals surface area (Å²) >= 11 is 0. The van der Waals surface area contributed by atoms with E-state index in [4.69, 9.17) is 0 Å². The van der Waals surface area contributed by atoms with Gasteiger partial charge in [-0.05, 0) is 12.8 Å². The molecular weight excluding hydrogens is 212 g/mol. The fourth-order valence-corrected chi connectivity index (χ4v) is 1.87. The molecule has 4 heteroatoms. The lowest BCUT2D eigenvalue weighted by Crippen LogP contribution is -2.07. The second-order valence-electron chi connectivity index (χ2n) is 5.28. The van der Waals surface area contributed by atoms with E-state index in [1.165, 1.54) is 0 Å². The summed E-state index contributed by atoms with van der Waals surface area (Å²) in [7, 11) is 0. The molecule has 2 aromatic rings. The minimum atomic E-state index is 0.342. The molecule has 2 heterocycles. The average molecular weight is 232 g/mol. The first-order valence-corrected chi connectivity index (χ1v) is 6.20. The third-order valence-corrected chi connectivity index (χ3v) is 2.77. The second kappa shape index (κ2) is 4.43. The number of aromatic nitrogens is 4. The van der Waals surface area contributed by atoms with E-state index in [-0.39, 0.29) is 0 Å². The van der Waals surface area contributed by atoms with Gasteiger partial charge in [-0.2, -0.15) is 5.10 Å². The van der Waals surface area contributed by atoms with E-state index >= 15 is 0 Å². The zero-order chi connectivity index (χ0) is 12.6. The highest BCUT2D eigenvalue weighted by Crippen LogP contribution is 2.15. The van der Waals surface area contributed by atoms with Gasteiger partial charge in [0, 0.05) is 12.3 Å². The van der Waals surface area contributed by atoms with Crippen LogP contribution < -0.4 is 0 Å². The lowest BCUT2D eigenvalue weighted by Gasteiger charge is -2.06. The molecule has 0 aliphatic rings. The molecule has 0 spiro atoms. The number of fused-ring (bicyclic) bond motifs is 1. The van der Waals surface area contributed by atoms with Crippen molar-refractivity contribution in [3.8, 4) is 0 Å². The van der Waals surface area contributed by atoms with Crippen LogP contribution in [0.1, 0.15) is 51.0 Å². The highest BCUT2D eigenvalue weighted by Gasteiger charge is 2.13. The topological polar surface area (TPSA) is 43.1 Å². The first-order valence-electron chi connectivity index (χ1n) is 6.20. The summed E-state index contributed by atoms with van der Waals surface area (Å²) in [6, 6.07) is 0. The van der Waals surface area contributed by atoms with Crippen LogP contribution >= 0.6 is 0 Å². The minimum absolute atomic E-state index is 0.342. The maximum Gasteiger partial charge on any atom is 0.151 e. The van der Waals surface area contributed by atoms with Crippen molar-refractivity contribution in [2.75, 3.05) is 0 Å². The van der Waals surface area contributed by atoms with Gasteiger partial charge < -0.3 is 0 Å². The van der Waals surface area contributed by atoms with Gasteiger partial charge in [-0.1, -0.05) is 27.7 Å². The first kappa shape index (κ1) is 12.0. The van der Waals surface area contributed by atoms with E-state index in [1.54, 1.807) is 0 Å². The van der Waals surface area contributed by atoms with E-state index in [1.807, 2.05) is 17.6 Å². The molecule has 0 saturated heterocycles. The zero-order valence-electron chi connectivity index (χ0n) is 11.2. The van der Waals surface area contributed by atoms with Gasteiger partial charge in [-0.25, -0.2) is 14.5 Å². The van der Waals surface area contributed by atoms with Crippen LogP contribution in [0.15, 0.2) is 6.20 Å². The van der Waals surface area contributed by atoms with Gasteiger partial charge in [-0.15, -0.1) is 0 Å². The summed E-state index contributed by atoms with van der Waals surface area (Å²) in [6.07, 6.45) is 2.83. The van der Waals surface area contributed by atoms with Crippen LogP contribution in [0.3, 0.4) is 0 Å². The van der Waals surface area contributed by atoms with Crippen molar-refractivity contribution in [2.24, 2.45) is 5.92 Å². The summed E-state index contributed by atoms with van der Waals surface area (Å²) < 4.78 is 1.96. The molecular formula is C13H20N4. The number of imidazole rings is 1. The molecule has 0 unspecified atom stereocenters. The van der Waals surface area contributed by atoms with E-state index in [0.717, 1.165) is 29.3 Å². The molecule has 0 atom stereocenters. The Labute approximate surface area is 102 Å². The van der Waals surface area contributed by atoms with Gasteiger partial charge in [0.05, 0.1) is 11.9 Å². The van der Waals surface area contributed by atoms with Crippen molar-refractivity contribution in [2.45, 2.75) is 47.0 Å². The maximum atomic E-state index is 4.59. The number of rotatable bonds is 3. The molecule has 17 heavy (non-hydrogen) atoms. The molecule has 0 aliphatic carbocycles. The van der Waals surface area contributed by atoms with Crippen molar-refractivity contribution >= 4 is 5.52 Å². The minimum Gasteiger partial charge on any atom is -0.237 e. The molecule has 0 amide bonds. The van der Waals surface area contributed by atoms with Gasteiger partial charge in [0.15, 0.2) is 5.82 Å². The van der Waals surface area contributed by atoms with Crippen molar-refractivity contribution in [1.29, 1.82) is 0 Å². The molecule has 0 saturated carbocycles. The van der Waals surface area contributed by atoms with E-state index < -0.39 is 0 Å². The fraction of sp³-hybridized carbons (Fsp3) is 0.615. The molecule has 0 aromatic carbocycles. The quantitative estimate of drug-likeness (QED) is 0.817. The molecule has 2 rings (SSSR count). The molecule has 0 radical (unpaired) electrons. The Balaban J connectivity index is 2.56. The van der Waals surface area contributed by atoms with Crippen LogP contribution in [0.5, 0.6) is 0 Å². The van der Waals surface area contributed by atoms with Crippen molar-refractivity contribution in [1.82, 2.24) is 19.6 Å². The summed E-state index contributed by atoms with van der Waals surface area (Å²) in [6.45, 7) is 10.6. The van der Waals surface area contributed by atoms with Crippen LogP contribution in [0, 0.1) is 12.8 Å². The number of aryl methyl sites for hydroxylation is 1. The molecule has 0 N–H and O–H groups in total. The Morgan fingerprint density at radius 1 is 1.24 bits per heavy atom. The molecule has 0 bridgehead atoms. The smallest absolute Gasteiger partial charge is 0.151 e. The van der Waals surface area contributed by atoms with Crippen LogP contribution in [0.25, 0.3) is 5.52 Å². The largest absolute Gasteiger partial charge is 0.237 e. The SMILES string of the molecule is Cc1nc(CC(C)C)n2nc(C(C)C)ncc12. The summed E-state index contributed by atoms with van der Waals surface area (Å²) in [5, 5.41) is 4.59. The Bertz CT molecular complexity index is 525. The summed E-state index contributed by atoms with van der Waals surface area (Å²) in [4.78, 5) is 8.98. The highest BCUT2D eigenvalue weighted by atomic mass is 15.3. The van der Waals surface area contributed by atoms with E-state index in [0.29, 0.717) is 11.8 Å². The normalized spacial score (nSPS) is 11.9. The van der Waals surface area contributed by atoms with Gasteiger partial charge in [0.25, 0.3) is 0 Å². The van der Waals surface area contributed by atoms with Gasteiger partial charge >= 0.3 is 0 Å². The van der Waals surface area contributed by atoms with Crippen molar-refractivity contribution < 1.29 is 0 Å². The van der Waals surface area contributed by atoms with Crippen LogP contribution in [0.2, 0.25) is 0 Å². The van der Waals surface area contributed by atoms with Crippen LogP contribution in [-0.2, 0) is 6.42 Å². The van der Waals surface area contributed by atoms with Crippen LogP contribution in [-0.4, -0.2) is 19.6 Å². The second-order valence-corrected chi connectivity index (χ2v) is 5.28. The van der Waals surface area contributed by atoms with Gasteiger partial charge in [0.1, 0.15) is 11.3 Å². The van der Waals surface area contributed by atoms with E-state index in [9.17, 15) is 0 Å². The molecule has 0 aliphatic heterocycles. The monoisotopic (exact) mass is 232 g/mol. The summed E-state index contributed by atoms with van der Waals surface area (Å²) in [5.74, 6) is 2.84.